The molecule has 0 saturated carbocycles. The molecular formula is C36H37BrClN3O3S. The SMILES string of the molecule is CCCC(=O)C[C@@H]1CCN(C(=O)[C@]2(Sc3ccc(C)cc3)CC(=O)N(Cc3ccc(Br)cc3)[C@H]2c2c[nH]c3cc(Cl)ccc23)C1. The van der Waals surface area contributed by atoms with E-state index in [1.807, 2.05) is 96.6 Å². The Morgan fingerprint density at radius 1 is 1.09 bits per heavy atom. The molecule has 3 aromatic carbocycles. The number of Topliss-reactive ketones (excluding diaryl/α,β-unsaturated/α-hetero) is 1. The molecule has 0 aliphatic carbocycles. The molecule has 2 saturated heterocycles. The molecule has 2 aliphatic rings. The summed E-state index contributed by atoms with van der Waals surface area (Å²) in [6, 6.07) is 21.3. The minimum atomic E-state index is -1.13. The molecule has 9 heteroatoms. The average molecular weight is 707 g/mol. The Morgan fingerprint density at radius 3 is 2.58 bits per heavy atom. The molecule has 6 nitrogen and oxygen atoms in total. The number of fused-ring (bicyclic) bond motifs is 1. The molecule has 3 heterocycles. The second-order valence-corrected chi connectivity index (χ2v) is 15.1. The monoisotopic (exact) mass is 705 g/mol. The number of nitrogens with one attached hydrogen (secondary N) is 1. The molecule has 4 aromatic rings. The number of ketones is 1. The van der Waals surface area contributed by atoms with Crippen LogP contribution in [0.1, 0.15) is 61.8 Å². The number of rotatable bonds is 10. The van der Waals surface area contributed by atoms with Crippen molar-refractivity contribution in [1.29, 1.82) is 0 Å². The number of aromatic amines is 1. The van der Waals surface area contributed by atoms with Crippen LogP contribution < -0.4 is 0 Å². The van der Waals surface area contributed by atoms with Crippen molar-refractivity contribution >= 4 is 67.8 Å². The van der Waals surface area contributed by atoms with Crippen LogP contribution in [-0.4, -0.2) is 50.2 Å². The predicted molar refractivity (Wildman–Crippen MR) is 184 cm³/mol. The van der Waals surface area contributed by atoms with Gasteiger partial charge < -0.3 is 14.8 Å². The van der Waals surface area contributed by atoms with E-state index in [4.69, 9.17) is 11.6 Å². The topological polar surface area (TPSA) is 73.5 Å². The predicted octanol–water partition coefficient (Wildman–Crippen LogP) is 8.50. The summed E-state index contributed by atoms with van der Waals surface area (Å²) >= 11 is 11.4. The van der Waals surface area contributed by atoms with Crippen LogP contribution in [0.15, 0.2) is 82.3 Å². The van der Waals surface area contributed by atoms with Gasteiger partial charge in [-0.05, 0) is 67.6 Å². The molecule has 0 unspecified atom stereocenters. The van der Waals surface area contributed by atoms with Crippen molar-refractivity contribution in [2.24, 2.45) is 5.92 Å². The number of H-pyrrole nitrogens is 1. The fourth-order valence-corrected chi connectivity index (χ4v) is 8.76. The second kappa shape index (κ2) is 13.3. The fraction of sp³-hybridized carbons (Fsp3) is 0.361. The summed E-state index contributed by atoms with van der Waals surface area (Å²) in [6.45, 7) is 5.54. The van der Waals surface area contributed by atoms with Gasteiger partial charge in [0.2, 0.25) is 11.8 Å². The Labute approximate surface area is 282 Å². The molecule has 2 fully saturated rings. The fourth-order valence-electron chi connectivity index (χ4n) is 6.85. The maximum atomic E-state index is 15.1. The van der Waals surface area contributed by atoms with Gasteiger partial charge in [0.05, 0.1) is 12.5 Å². The van der Waals surface area contributed by atoms with E-state index in [1.165, 1.54) is 11.8 Å². The van der Waals surface area contributed by atoms with E-state index in [1.54, 1.807) is 0 Å². The van der Waals surface area contributed by atoms with Crippen molar-refractivity contribution < 1.29 is 14.4 Å². The lowest BCUT2D eigenvalue weighted by Crippen LogP contribution is -2.49. The summed E-state index contributed by atoms with van der Waals surface area (Å²) in [7, 11) is 0. The Balaban J connectivity index is 1.46. The molecule has 1 aromatic heterocycles. The van der Waals surface area contributed by atoms with Crippen LogP contribution in [0.3, 0.4) is 0 Å². The summed E-state index contributed by atoms with van der Waals surface area (Å²) in [5.74, 6) is 0.290. The summed E-state index contributed by atoms with van der Waals surface area (Å²) in [5.41, 5.74) is 3.87. The van der Waals surface area contributed by atoms with Crippen molar-refractivity contribution in [2.75, 3.05) is 13.1 Å². The van der Waals surface area contributed by atoms with Crippen LogP contribution >= 0.6 is 39.3 Å². The first-order valence-electron chi connectivity index (χ1n) is 15.5. The number of thioether (sulfide) groups is 1. The highest BCUT2D eigenvalue weighted by atomic mass is 79.9. The van der Waals surface area contributed by atoms with E-state index >= 15 is 4.79 Å². The van der Waals surface area contributed by atoms with Gasteiger partial charge >= 0.3 is 0 Å². The minimum Gasteiger partial charge on any atom is -0.361 e. The van der Waals surface area contributed by atoms with Crippen LogP contribution in [0.2, 0.25) is 5.02 Å². The smallest absolute Gasteiger partial charge is 0.242 e. The third-order valence-electron chi connectivity index (χ3n) is 9.03. The number of aryl methyl sites for hydroxylation is 1. The van der Waals surface area contributed by atoms with Crippen molar-refractivity contribution in [3.05, 3.63) is 99.1 Å². The first-order valence-corrected chi connectivity index (χ1v) is 17.5. The number of nitrogens with zero attached hydrogens (tertiary/aromatic N) is 2. The lowest BCUT2D eigenvalue weighted by molar-refractivity contribution is -0.134. The highest BCUT2D eigenvalue weighted by Gasteiger charge is 2.60. The van der Waals surface area contributed by atoms with Crippen molar-refractivity contribution in [2.45, 2.75) is 68.2 Å². The maximum absolute atomic E-state index is 15.1. The Bertz CT molecular complexity index is 1720. The zero-order valence-corrected chi connectivity index (χ0v) is 28.7. The van der Waals surface area contributed by atoms with E-state index in [0.29, 0.717) is 37.5 Å². The summed E-state index contributed by atoms with van der Waals surface area (Å²) in [6.07, 6.45) is 4.70. The first kappa shape index (κ1) is 31.9. The van der Waals surface area contributed by atoms with Crippen molar-refractivity contribution in [3.63, 3.8) is 0 Å². The third-order valence-corrected chi connectivity index (χ3v) is 11.2. The molecule has 234 valence electrons. The third kappa shape index (κ3) is 6.60. The average Bonchev–Trinajstić information content (AvgIpc) is 3.71. The summed E-state index contributed by atoms with van der Waals surface area (Å²) in [5, 5.41) is 1.55. The zero-order chi connectivity index (χ0) is 31.7. The molecule has 2 aliphatic heterocycles. The number of amides is 2. The first-order chi connectivity index (χ1) is 21.7. The molecule has 45 heavy (non-hydrogen) atoms. The molecule has 0 radical (unpaired) electrons. The number of halogens is 2. The lowest BCUT2D eigenvalue weighted by Gasteiger charge is -2.38. The van der Waals surface area contributed by atoms with Gasteiger partial charge in [-0.1, -0.05) is 70.3 Å². The normalized spacial score (nSPS) is 21.6. The quantitative estimate of drug-likeness (QED) is 0.180. The summed E-state index contributed by atoms with van der Waals surface area (Å²) in [4.78, 5) is 50.0. The van der Waals surface area contributed by atoms with Crippen LogP contribution in [0.4, 0.5) is 0 Å². The van der Waals surface area contributed by atoms with E-state index in [0.717, 1.165) is 49.8 Å². The Hall–Kier alpha value is -3.07. The molecule has 2 amide bonds. The van der Waals surface area contributed by atoms with Gasteiger partial charge in [-0.25, -0.2) is 0 Å². The van der Waals surface area contributed by atoms with E-state index in [-0.39, 0.29) is 29.9 Å². The lowest BCUT2D eigenvalue weighted by atomic mass is 9.90. The highest BCUT2D eigenvalue weighted by molar-refractivity contribution is 9.10. The molecule has 0 spiro atoms. The Kier molecular flexibility index (Phi) is 9.46. The number of aromatic nitrogens is 1. The van der Waals surface area contributed by atoms with Gasteiger partial charge in [0.1, 0.15) is 10.5 Å². The van der Waals surface area contributed by atoms with Crippen LogP contribution in [0, 0.1) is 12.8 Å². The van der Waals surface area contributed by atoms with Crippen molar-refractivity contribution in [1.82, 2.24) is 14.8 Å². The number of hydrogen-bond donors (Lipinski definition) is 1. The molecule has 6 rings (SSSR count). The standard InChI is InChI=1S/C36H37BrClN3O3S/c1-3-4-28(42)17-25-15-16-40(21-25)35(44)36(45-29-12-5-23(2)6-13-29)19-33(43)41(22-24-7-9-26(37)10-8-24)34(36)31-20-39-32-18-27(38)11-14-30(31)32/h5-14,18,20,25,34,39H,3-4,15-17,19,21-22H2,1-2H3/t25-,34-,36-/m0/s1. The molecule has 1 N–H and O–H groups in total. The second-order valence-electron chi connectivity index (χ2n) is 12.4. The molecule has 0 bridgehead atoms. The molecule has 3 atom stereocenters. The molecular weight excluding hydrogens is 670 g/mol. The largest absolute Gasteiger partial charge is 0.361 e. The minimum absolute atomic E-state index is 0.0431. The number of hydrogen-bond acceptors (Lipinski definition) is 4. The zero-order valence-electron chi connectivity index (χ0n) is 25.5. The van der Waals surface area contributed by atoms with Gasteiger partial charge in [0, 0.05) is 69.5 Å². The number of carbonyl (C=O) groups is 3. The van der Waals surface area contributed by atoms with E-state index in [9.17, 15) is 9.59 Å². The van der Waals surface area contributed by atoms with E-state index < -0.39 is 10.8 Å². The van der Waals surface area contributed by atoms with Crippen molar-refractivity contribution in [3.8, 4) is 0 Å². The van der Waals surface area contributed by atoms with Gasteiger partial charge in [-0.15, -0.1) is 11.8 Å². The van der Waals surface area contributed by atoms with Gasteiger partial charge in [-0.3, -0.25) is 14.4 Å². The Morgan fingerprint density at radius 2 is 1.84 bits per heavy atom. The maximum Gasteiger partial charge on any atom is 0.242 e. The van der Waals surface area contributed by atoms with Gasteiger partial charge in [0.15, 0.2) is 0 Å². The van der Waals surface area contributed by atoms with Crippen LogP contribution in [-0.2, 0) is 20.9 Å². The van der Waals surface area contributed by atoms with Gasteiger partial charge in [-0.2, -0.15) is 0 Å². The summed E-state index contributed by atoms with van der Waals surface area (Å²) < 4.78 is -0.164. The highest BCUT2D eigenvalue weighted by Crippen LogP contribution is 2.55. The van der Waals surface area contributed by atoms with Gasteiger partial charge in [0.25, 0.3) is 0 Å². The number of likely N-dealkylation sites (tertiary alicyclic amines) is 2. The van der Waals surface area contributed by atoms with Crippen LogP contribution in [0.25, 0.3) is 10.9 Å². The van der Waals surface area contributed by atoms with Crippen LogP contribution in [0.5, 0.6) is 0 Å². The number of benzene rings is 3. The number of carbonyl (C=O) groups excluding carboxylic acids is 3. The van der Waals surface area contributed by atoms with E-state index in [2.05, 4.69) is 20.9 Å².